The zero-order valence-corrected chi connectivity index (χ0v) is 16.5. The molecule has 2 unspecified atom stereocenters. The Morgan fingerprint density at radius 2 is 2.12 bits per heavy atom. The van der Waals surface area contributed by atoms with Crippen molar-refractivity contribution in [3.8, 4) is 0 Å². The third-order valence-electron chi connectivity index (χ3n) is 5.02. The van der Waals surface area contributed by atoms with Crippen LogP contribution in [-0.4, -0.2) is 56.0 Å². The van der Waals surface area contributed by atoms with Gasteiger partial charge in [0.15, 0.2) is 5.96 Å². The van der Waals surface area contributed by atoms with Gasteiger partial charge in [0.05, 0.1) is 6.54 Å². The number of fused-ring (bicyclic) bond motifs is 1. The molecule has 1 aromatic rings. The number of benzene rings is 1. The van der Waals surface area contributed by atoms with E-state index in [1.54, 1.807) is 0 Å². The average Bonchev–Trinajstić information content (AvgIpc) is 2.64. The predicted molar refractivity (Wildman–Crippen MR) is 109 cm³/mol. The number of carbonyl (C=O) groups excluding carboxylic acids is 1. The summed E-state index contributed by atoms with van der Waals surface area (Å²) in [6.07, 6.45) is 1.63. The van der Waals surface area contributed by atoms with Gasteiger partial charge in [-0.05, 0) is 38.9 Å². The molecule has 0 spiro atoms. The van der Waals surface area contributed by atoms with E-state index < -0.39 is 0 Å². The van der Waals surface area contributed by atoms with Gasteiger partial charge in [-0.2, -0.15) is 0 Å². The maximum atomic E-state index is 11.9. The molecule has 0 aliphatic carbocycles. The second kappa shape index (κ2) is 10.2. The minimum atomic E-state index is 0.0667. The molecule has 1 aliphatic heterocycles. The lowest BCUT2D eigenvalue weighted by atomic mass is 9.91. The second-order valence-corrected chi connectivity index (χ2v) is 6.92. The summed E-state index contributed by atoms with van der Waals surface area (Å²) in [5.41, 5.74) is 2.08. The first-order chi connectivity index (χ1) is 12.5. The van der Waals surface area contributed by atoms with E-state index in [4.69, 9.17) is 4.99 Å². The van der Waals surface area contributed by atoms with Crippen LogP contribution >= 0.6 is 0 Å². The van der Waals surface area contributed by atoms with Crippen LogP contribution < -0.4 is 16.0 Å². The minimum Gasteiger partial charge on any atom is -0.357 e. The number of amides is 1. The van der Waals surface area contributed by atoms with Crippen molar-refractivity contribution in [2.45, 2.75) is 45.6 Å². The summed E-state index contributed by atoms with van der Waals surface area (Å²) >= 11 is 0. The highest BCUT2D eigenvalue weighted by Crippen LogP contribution is 2.31. The fourth-order valence-corrected chi connectivity index (χ4v) is 3.09. The average molecular weight is 360 g/mol. The molecular weight excluding hydrogens is 326 g/mol. The Hall–Kier alpha value is -2.08. The van der Waals surface area contributed by atoms with Crippen LogP contribution in [0.25, 0.3) is 0 Å². The van der Waals surface area contributed by atoms with Gasteiger partial charge in [0.2, 0.25) is 5.91 Å². The van der Waals surface area contributed by atoms with Crippen LogP contribution in [0.5, 0.6) is 0 Å². The summed E-state index contributed by atoms with van der Waals surface area (Å²) in [5.74, 6) is 1.00. The van der Waals surface area contributed by atoms with E-state index in [-0.39, 0.29) is 11.8 Å². The number of rotatable bonds is 8. The first kappa shape index (κ1) is 20.2. The molecule has 0 saturated heterocycles. The molecule has 1 amide bonds. The van der Waals surface area contributed by atoms with E-state index in [1.165, 1.54) is 5.56 Å². The standard InChI is InChI=1S/C20H33N5O/c1-5-15(3)25(4)12-11-22-20(21-6-2)23-14-16-13-19(26)24-18-10-8-7-9-17(16)18/h7-10,15-16H,5-6,11-14H2,1-4H3,(H,24,26)(H2,21,22,23). The number of hydrogen-bond donors (Lipinski definition) is 3. The van der Waals surface area contributed by atoms with Gasteiger partial charge in [-0.15, -0.1) is 0 Å². The molecule has 1 aliphatic rings. The fraction of sp³-hybridized carbons (Fsp3) is 0.600. The van der Waals surface area contributed by atoms with Gasteiger partial charge < -0.3 is 20.9 Å². The van der Waals surface area contributed by atoms with Crippen LogP contribution in [0.2, 0.25) is 0 Å². The molecule has 1 aromatic carbocycles. The lowest BCUT2D eigenvalue weighted by Gasteiger charge is -2.25. The molecule has 3 N–H and O–H groups in total. The highest BCUT2D eigenvalue weighted by atomic mass is 16.1. The highest BCUT2D eigenvalue weighted by Gasteiger charge is 2.24. The Morgan fingerprint density at radius 3 is 2.85 bits per heavy atom. The second-order valence-electron chi connectivity index (χ2n) is 6.92. The summed E-state index contributed by atoms with van der Waals surface area (Å²) in [5, 5.41) is 9.64. The van der Waals surface area contributed by atoms with E-state index >= 15 is 0 Å². The summed E-state index contributed by atoms with van der Waals surface area (Å²) in [6.45, 7) is 9.73. The van der Waals surface area contributed by atoms with E-state index in [2.05, 4.69) is 54.7 Å². The zero-order valence-electron chi connectivity index (χ0n) is 16.5. The molecule has 26 heavy (non-hydrogen) atoms. The first-order valence-corrected chi connectivity index (χ1v) is 9.66. The number of nitrogens with zero attached hydrogens (tertiary/aromatic N) is 2. The quantitative estimate of drug-likeness (QED) is 0.492. The molecule has 6 nitrogen and oxygen atoms in total. The van der Waals surface area contributed by atoms with Crippen LogP contribution in [0.3, 0.4) is 0 Å². The molecule has 0 bridgehead atoms. The van der Waals surface area contributed by atoms with E-state index in [0.29, 0.717) is 19.0 Å². The Balaban J connectivity index is 1.95. The lowest BCUT2D eigenvalue weighted by Crippen LogP contribution is -2.42. The maximum Gasteiger partial charge on any atom is 0.225 e. The van der Waals surface area contributed by atoms with E-state index in [9.17, 15) is 4.79 Å². The topological polar surface area (TPSA) is 68.8 Å². The van der Waals surface area contributed by atoms with E-state index in [0.717, 1.165) is 37.7 Å². The SMILES string of the molecule is CCNC(=NCC1CC(=O)Nc2ccccc21)NCCN(C)C(C)CC. The number of para-hydroxylation sites is 1. The minimum absolute atomic E-state index is 0.0667. The van der Waals surface area contributed by atoms with Crippen molar-refractivity contribution in [1.82, 2.24) is 15.5 Å². The van der Waals surface area contributed by atoms with Gasteiger partial charge in [0, 0.05) is 43.7 Å². The van der Waals surface area contributed by atoms with E-state index in [1.807, 2.05) is 18.2 Å². The molecule has 2 atom stereocenters. The molecule has 1 heterocycles. The number of anilines is 1. The van der Waals surface area contributed by atoms with Crippen molar-refractivity contribution in [3.05, 3.63) is 29.8 Å². The third kappa shape index (κ3) is 5.73. The number of nitrogens with one attached hydrogen (secondary N) is 3. The van der Waals surface area contributed by atoms with Crippen LogP contribution in [-0.2, 0) is 4.79 Å². The normalized spacial score (nSPS) is 18.3. The molecule has 0 saturated carbocycles. The molecule has 6 heteroatoms. The highest BCUT2D eigenvalue weighted by molar-refractivity contribution is 5.94. The Labute approximate surface area is 157 Å². The van der Waals surface area contributed by atoms with Crippen LogP contribution in [0, 0.1) is 0 Å². The van der Waals surface area contributed by atoms with Gasteiger partial charge >= 0.3 is 0 Å². The fourth-order valence-electron chi connectivity index (χ4n) is 3.09. The third-order valence-corrected chi connectivity index (χ3v) is 5.02. The zero-order chi connectivity index (χ0) is 18.9. The first-order valence-electron chi connectivity index (χ1n) is 9.66. The summed E-state index contributed by atoms with van der Waals surface area (Å²) in [4.78, 5) is 19.0. The van der Waals surface area contributed by atoms with Crippen LogP contribution in [0.1, 0.15) is 45.1 Å². The molecule has 0 fully saturated rings. The molecule has 0 radical (unpaired) electrons. The van der Waals surface area contributed by atoms with Crippen molar-refractivity contribution < 1.29 is 4.79 Å². The van der Waals surface area contributed by atoms with Crippen molar-refractivity contribution >= 4 is 17.6 Å². The maximum absolute atomic E-state index is 11.9. The van der Waals surface area contributed by atoms with Gasteiger partial charge in [-0.1, -0.05) is 25.1 Å². The summed E-state index contributed by atoms with van der Waals surface area (Å²) in [6, 6.07) is 8.58. The number of aliphatic imine (C=N–C) groups is 1. The van der Waals surface area contributed by atoms with Crippen LogP contribution in [0.4, 0.5) is 5.69 Å². The Morgan fingerprint density at radius 1 is 1.35 bits per heavy atom. The van der Waals surface area contributed by atoms with Crippen molar-refractivity contribution in [2.75, 3.05) is 38.5 Å². The Kier molecular flexibility index (Phi) is 7.91. The summed E-state index contributed by atoms with van der Waals surface area (Å²) < 4.78 is 0. The number of guanidine groups is 1. The molecule has 2 rings (SSSR count). The number of likely N-dealkylation sites (N-methyl/N-ethyl adjacent to an activating group) is 1. The van der Waals surface area contributed by atoms with Crippen molar-refractivity contribution in [1.29, 1.82) is 0 Å². The van der Waals surface area contributed by atoms with Gasteiger partial charge in [-0.25, -0.2) is 0 Å². The van der Waals surface area contributed by atoms with Gasteiger partial charge in [0.1, 0.15) is 0 Å². The largest absolute Gasteiger partial charge is 0.357 e. The lowest BCUT2D eigenvalue weighted by molar-refractivity contribution is -0.116. The monoisotopic (exact) mass is 359 g/mol. The Bertz CT molecular complexity index is 616. The smallest absolute Gasteiger partial charge is 0.225 e. The van der Waals surface area contributed by atoms with Gasteiger partial charge in [0.25, 0.3) is 0 Å². The van der Waals surface area contributed by atoms with Crippen molar-refractivity contribution in [3.63, 3.8) is 0 Å². The van der Waals surface area contributed by atoms with Gasteiger partial charge in [-0.3, -0.25) is 9.79 Å². The number of hydrogen-bond acceptors (Lipinski definition) is 3. The van der Waals surface area contributed by atoms with Crippen LogP contribution in [0.15, 0.2) is 29.3 Å². The summed E-state index contributed by atoms with van der Waals surface area (Å²) in [7, 11) is 2.15. The molecule has 0 aromatic heterocycles. The van der Waals surface area contributed by atoms with Crippen molar-refractivity contribution in [2.24, 2.45) is 4.99 Å². The molecule has 144 valence electrons. The number of carbonyl (C=O) groups is 1. The predicted octanol–water partition coefficient (Wildman–Crippen LogP) is 2.40. The molecular formula is C20H33N5O.